The number of fused-ring (bicyclic) bond motifs is 1. The Kier molecular flexibility index (Phi) is 4.07. The van der Waals surface area contributed by atoms with E-state index in [-0.39, 0.29) is 0 Å². The second kappa shape index (κ2) is 6.38. The predicted octanol–water partition coefficient (Wildman–Crippen LogP) is 4.08. The van der Waals surface area contributed by atoms with Crippen LogP contribution in [0.1, 0.15) is 46.1 Å². The second-order valence-electron chi connectivity index (χ2n) is 7.19. The first kappa shape index (κ1) is 15.9. The van der Waals surface area contributed by atoms with Crippen LogP contribution in [0.3, 0.4) is 0 Å². The summed E-state index contributed by atoms with van der Waals surface area (Å²) >= 11 is 0. The molecule has 0 saturated heterocycles. The van der Waals surface area contributed by atoms with Crippen LogP contribution in [0.4, 0.5) is 17.5 Å². The van der Waals surface area contributed by atoms with Gasteiger partial charge in [0.2, 0.25) is 5.95 Å². The molecule has 0 aliphatic heterocycles. The molecule has 0 aromatic carbocycles. The SMILES string of the molecule is CC(Nc1nc(Nc2cnn(C(C)C)c2)nc2[nH]ccc12)C1CCC1. The van der Waals surface area contributed by atoms with Gasteiger partial charge in [-0.15, -0.1) is 0 Å². The van der Waals surface area contributed by atoms with Crippen molar-refractivity contribution in [1.29, 1.82) is 0 Å². The lowest BCUT2D eigenvalue weighted by Gasteiger charge is -2.32. The molecule has 25 heavy (non-hydrogen) atoms. The maximum Gasteiger partial charge on any atom is 0.231 e. The topological polar surface area (TPSA) is 83.4 Å². The van der Waals surface area contributed by atoms with E-state index >= 15 is 0 Å². The summed E-state index contributed by atoms with van der Waals surface area (Å²) in [6, 6.07) is 2.76. The van der Waals surface area contributed by atoms with Gasteiger partial charge in [0.15, 0.2) is 0 Å². The zero-order valence-corrected chi connectivity index (χ0v) is 15.0. The van der Waals surface area contributed by atoms with Gasteiger partial charge in [-0.2, -0.15) is 15.1 Å². The summed E-state index contributed by atoms with van der Waals surface area (Å²) in [7, 11) is 0. The Morgan fingerprint density at radius 1 is 1.24 bits per heavy atom. The number of aromatic nitrogens is 5. The third-order valence-corrected chi connectivity index (χ3v) is 5.02. The third kappa shape index (κ3) is 3.18. The van der Waals surface area contributed by atoms with Gasteiger partial charge in [0, 0.05) is 24.5 Å². The minimum Gasteiger partial charge on any atom is -0.367 e. The van der Waals surface area contributed by atoms with Crippen molar-refractivity contribution in [1.82, 2.24) is 24.7 Å². The molecule has 1 aliphatic carbocycles. The molecule has 1 unspecified atom stereocenters. The monoisotopic (exact) mass is 339 g/mol. The number of anilines is 3. The molecule has 3 aromatic rings. The van der Waals surface area contributed by atoms with Crippen molar-refractivity contribution in [3.63, 3.8) is 0 Å². The van der Waals surface area contributed by atoms with Gasteiger partial charge >= 0.3 is 0 Å². The average molecular weight is 339 g/mol. The van der Waals surface area contributed by atoms with E-state index < -0.39 is 0 Å². The standard InChI is InChI=1S/C18H25N7/c1-11(2)25-10-14(9-20-25)22-18-23-16-15(7-8-19-16)17(24-18)21-12(3)13-5-4-6-13/h7-13H,4-6H2,1-3H3,(H3,19,21,22,23,24). The average Bonchev–Trinajstić information content (AvgIpc) is 3.14. The van der Waals surface area contributed by atoms with E-state index in [0.717, 1.165) is 28.5 Å². The first-order chi connectivity index (χ1) is 12.1. The van der Waals surface area contributed by atoms with Crippen LogP contribution in [-0.4, -0.2) is 30.8 Å². The minimum atomic E-state index is 0.322. The van der Waals surface area contributed by atoms with E-state index in [0.29, 0.717) is 18.0 Å². The minimum absolute atomic E-state index is 0.322. The fraction of sp³-hybridized carbons (Fsp3) is 0.500. The third-order valence-electron chi connectivity index (χ3n) is 5.02. The van der Waals surface area contributed by atoms with E-state index in [2.05, 4.69) is 46.5 Å². The van der Waals surface area contributed by atoms with Crippen molar-refractivity contribution >= 4 is 28.5 Å². The van der Waals surface area contributed by atoms with Crippen molar-refractivity contribution in [2.75, 3.05) is 10.6 Å². The van der Waals surface area contributed by atoms with Gasteiger partial charge in [-0.3, -0.25) is 4.68 Å². The Labute approximate surface area is 147 Å². The molecule has 1 fully saturated rings. The molecule has 1 atom stereocenters. The molecule has 0 radical (unpaired) electrons. The van der Waals surface area contributed by atoms with Crippen LogP contribution in [0.5, 0.6) is 0 Å². The Balaban J connectivity index is 1.60. The van der Waals surface area contributed by atoms with E-state index in [1.54, 1.807) is 6.20 Å². The van der Waals surface area contributed by atoms with Crippen LogP contribution >= 0.6 is 0 Å². The zero-order valence-electron chi connectivity index (χ0n) is 15.0. The lowest BCUT2D eigenvalue weighted by molar-refractivity contribution is 0.285. The number of nitrogens with zero attached hydrogens (tertiary/aromatic N) is 4. The summed E-state index contributed by atoms with van der Waals surface area (Å²) in [6.45, 7) is 6.44. The fourth-order valence-electron chi connectivity index (χ4n) is 3.19. The highest BCUT2D eigenvalue weighted by atomic mass is 15.3. The number of H-pyrrole nitrogens is 1. The molecule has 7 nitrogen and oxygen atoms in total. The molecular formula is C18H25N7. The zero-order chi connectivity index (χ0) is 17.4. The molecule has 4 rings (SSSR count). The van der Waals surface area contributed by atoms with Gasteiger partial charge in [0.05, 0.1) is 17.3 Å². The lowest BCUT2D eigenvalue weighted by atomic mass is 9.80. The summed E-state index contributed by atoms with van der Waals surface area (Å²) in [5.74, 6) is 2.19. The molecule has 1 saturated carbocycles. The number of hydrogen-bond donors (Lipinski definition) is 3. The molecule has 132 valence electrons. The molecule has 0 amide bonds. The maximum atomic E-state index is 4.71. The van der Waals surface area contributed by atoms with Crippen LogP contribution in [0, 0.1) is 5.92 Å². The fourth-order valence-corrected chi connectivity index (χ4v) is 3.19. The summed E-state index contributed by atoms with van der Waals surface area (Å²) in [5.41, 5.74) is 1.72. The molecule has 0 bridgehead atoms. The van der Waals surface area contributed by atoms with Crippen molar-refractivity contribution in [3.8, 4) is 0 Å². The highest BCUT2D eigenvalue weighted by molar-refractivity contribution is 5.88. The van der Waals surface area contributed by atoms with Crippen molar-refractivity contribution < 1.29 is 0 Å². The molecule has 0 spiro atoms. The Hall–Kier alpha value is -2.57. The first-order valence-electron chi connectivity index (χ1n) is 9.03. The van der Waals surface area contributed by atoms with Crippen molar-refractivity contribution in [3.05, 3.63) is 24.7 Å². The largest absolute Gasteiger partial charge is 0.367 e. The van der Waals surface area contributed by atoms with Gasteiger partial charge < -0.3 is 15.6 Å². The van der Waals surface area contributed by atoms with Gasteiger partial charge in [0.25, 0.3) is 0 Å². The van der Waals surface area contributed by atoms with Crippen LogP contribution in [0.25, 0.3) is 11.0 Å². The second-order valence-corrected chi connectivity index (χ2v) is 7.19. The number of hydrogen-bond acceptors (Lipinski definition) is 5. The van der Waals surface area contributed by atoms with Gasteiger partial charge in [-0.1, -0.05) is 6.42 Å². The quantitative estimate of drug-likeness (QED) is 0.630. The molecule has 1 aliphatic rings. The van der Waals surface area contributed by atoms with Crippen LogP contribution in [-0.2, 0) is 0 Å². The molecule has 3 aromatic heterocycles. The predicted molar refractivity (Wildman–Crippen MR) is 100 cm³/mol. The van der Waals surface area contributed by atoms with Crippen molar-refractivity contribution in [2.45, 2.75) is 52.1 Å². The number of nitrogens with one attached hydrogen (secondary N) is 3. The van der Waals surface area contributed by atoms with Gasteiger partial charge in [0.1, 0.15) is 11.5 Å². The van der Waals surface area contributed by atoms with E-state index in [1.807, 2.05) is 23.1 Å². The highest BCUT2D eigenvalue weighted by Crippen LogP contribution is 2.32. The lowest BCUT2D eigenvalue weighted by Crippen LogP contribution is -2.31. The van der Waals surface area contributed by atoms with E-state index in [4.69, 9.17) is 4.98 Å². The first-order valence-corrected chi connectivity index (χ1v) is 9.03. The maximum absolute atomic E-state index is 4.71. The Morgan fingerprint density at radius 3 is 2.76 bits per heavy atom. The van der Waals surface area contributed by atoms with E-state index in [9.17, 15) is 0 Å². The molecule has 3 heterocycles. The summed E-state index contributed by atoms with van der Waals surface area (Å²) < 4.78 is 1.91. The number of rotatable bonds is 6. The molecular weight excluding hydrogens is 314 g/mol. The van der Waals surface area contributed by atoms with Crippen LogP contribution in [0.15, 0.2) is 24.7 Å². The molecule has 3 N–H and O–H groups in total. The van der Waals surface area contributed by atoms with Gasteiger partial charge in [-0.25, -0.2) is 0 Å². The summed E-state index contributed by atoms with van der Waals surface area (Å²) in [4.78, 5) is 12.5. The Bertz CT molecular complexity index is 859. The Morgan fingerprint density at radius 2 is 2.08 bits per heavy atom. The highest BCUT2D eigenvalue weighted by Gasteiger charge is 2.24. The summed E-state index contributed by atoms with van der Waals surface area (Å²) in [6.07, 6.45) is 9.61. The van der Waals surface area contributed by atoms with E-state index in [1.165, 1.54) is 19.3 Å². The van der Waals surface area contributed by atoms with Crippen molar-refractivity contribution in [2.24, 2.45) is 5.92 Å². The van der Waals surface area contributed by atoms with Gasteiger partial charge in [-0.05, 0) is 45.6 Å². The number of aromatic amines is 1. The molecule has 7 heteroatoms. The van der Waals surface area contributed by atoms with Crippen LogP contribution in [0.2, 0.25) is 0 Å². The van der Waals surface area contributed by atoms with Crippen LogP contribution < -0.4 is 10.6 Å². The summed E-state index contributed by atoms with van der Waals surface area (Å²) in [5, 5.41) is 12.2. The normalized spacial score (nSPS) is 16.2. The smallest absolute Gasteiger partial charge is 0.231 e.